The molecule has 2 aromatic rings. The number of ether oxygens (including phenoxy) is 1. The van der Waals surface area contributed by atoms with Crippen LogP contribution in [0.5, 0.6) is 11.5 Å². The number of carbonyl (C=O) groups is 1. The summed E-state index contributed by atoms with van der Waals surface area (Å²) in [6.07, 6.45) is 0. The number of piperazine rings is 1. The van der Waals surface area contributed by atoms with Gasteiger partial charge in [0.25, 0.3) is 0 Å². The Morgan fingerprint density at radius 2 is 1.82 bits per heavy atom. The second-order valence-corrected chi connectivity index (χ2v) is 7.41. The predicted octanol–water partition coefficient (Wildman–Crippen LogP) is 3.51. The Hall–Kier alpha value is -2.44. The second-order valence-electron chi connectivity index (χ2n) is 7.01. The van der Waals surface area contributed by atoms with E-state index in [4.69, 9.17) is 16.3 Å². The fourth-order valence-electron chi connectivity index (χ4n) is 3.36. The number of aromatic hydroxyl groups is 1. The number of hydrogen-bond donors (Lipinski definition) is 2. The molecule has 3 rings (SSSR count). The molecule has 7 heteroatoms. The Labute approximate surface area is 170 Å². The molecule has 6 nitrogen and oxygen atoms in total. The van der Waals surface area contributed by atoms with Crippen molar-refractivity contribution in [2.24, 2.45) is 0 Å². The van der Waals surface area contributed by atoms with E-state index in [0.29, 0.717) is 16.5 Å². The van der Waals surface area contributed by atoms with Crippen molar-refractivity contribution < 1.29 is 14.6 Å². The maximum atomic E-state index is 12.8. The lowest BCUT2D eigenvalue weighted by Gasteiger charge is -2.38. The third-order valence-corrected chi connectivity index (χ3v) is 5.60. The minimum atomic E-state index is -0.261. The van der Waals surface area contributed by atoms with E-state index >= 15 is 0 Å². The summed E-state index contributed by atoms with van der Waals surface area (Å²) in [7, 11) is 1.56. The fourth-order valence-corrected chi connectivity index (χ4v) is 3.52. The molecule has 1 saturated heterocycles. The summed E-state index contributed by atoms with van der Waals surface area (Å²) in [6.45, 7) is 7.03. The lowest BCUT2D eigenvalue weighted by molar-refractivity contribution is -0.120. The number of aryl methyl sites for hydroxylation is 1. The molecule has 2 N–H and O–H groups in total. The molecule has 0 aliphatic carbocycles. The molecule has 150 valence electrons. The number of benzene rings is 2. The van der Waals surface area contributed by atoms with E-state index in [-0.39, 0.29) is 17.7 Å². The summed E-state index contributed by atoms with van der Waals surface area (Å²) in [4.78, 5) is 17.2. The molecule has 1 amide bonds. The molecule has 2 aromatic carbocycles. The van der Waals surface area contributed by atoms with Crippen LogP contribution in [0.25, 0.3) is 0 Å². The standard InChI is InChI=1S/C21H26ClN3O3/c1-14-12-19(20(28-3)13-18(14)22)23-21(27)15(2)24-8-10-25(11-9-24)16-4-6-17(26)7-5-16/h4-7,12-13,15,26H,8-11H2,1-3H3,(H,23,27)/t15-/m1/s1. The summed E-state index contributed by atoms with van der Waals surface area (Å²) in [5.74, 6) is 0.743. The van der Waals surface area contributed by atoms with Crippen LogP contribution in [-0.2, 0) is 4.79 Å². The monoisotopic (exact) mass is 403 g/mol. The van der Waals surface area contributed by atoms with Gasteiger partial charge < -0.3 is 20.1 Å². The van der Waals surface area contributed by atoms with Crippen molar-refractivity contribution in [1.29, 1.82) is 0 Å². The summed E-state index contributed by atoms with van der Waals surface area (Å²) >= 11 is 6.14. The number of halogens is 1. The number of amides is 1. The molecule has 28 heavy (non-hydrogen) atoms. The molecule has 0 unspecified atom stereocenters. The molecular formula is C21H26ClN3O3. The Bertz CT molecular complexity index is 834. The summed E-state index contributed by atoms with van der Waals surface area (Å²) in [6, 6.07) is 10.5. The zero-order valence-electron chi connectivity index (χ0n) is 16.4. The molecule has 1 heterocycles. The highest BCUT2D eigenvalue weighted by Gasteiger charge is 2.26. The number of hydrogen-bond acceptors (Lipinski definition) is 5. The summed E-state index contributed by atoms with van der Waals surface area (Å²) < 4.78 is 5.34. The van der Waals surface area contributed by atoms with Crippen LogP contribution < -0.4 is 15.0 Å². The number of nitrogens with one attached hydrogen (secondary N) is 1. The van der Waals surface area contributed by atoms with Crippen LogP contribution in [0.1, 0.15) is 12.5 Å². The van der Waals surface area contributed by atoms with Gasteiger partial charge in [0.15, 0.2) is 0 Å². The molecule has 0 aromatic heterocycles. The Kier molecular flexibility index (Phi) is 6.31. The highest BCUT2D eigenvalue weighted by atomic mass is 35.5. The van der Waals surface area contributed by atoms with E-state index in [1.165, 1.54) is 0 Å². The quantitative estimate of drug-likeness (QED) is 0.799. The predicted molar refractivity (Wildman–Crippen MR) is 113 cm³/mol. The van der Waals surface area contributed by atoms with Gasteiger partial charge in [-0.2, -0.15) is 0 Å². The number of methoxy groups -OCH3 is 1. The molecule has 1 aliphatic heterocycles. The van der Waals surface area contributed by atoms with Crippen LogP contribution in [-0.4, -0.2) is 55.2 Å². The van der Waals surface area contributed by atoms with E-state index in [1.54, 1.807) is 25.3 Å². The third-order valence-electron chi connectivity index (χ3n) is 5.19. The average molecular weight is 404 g/mol. The van der Waals surface area contributed by atoms with Crippen molar-refractivity contribution in [3.8, 4) is 11.5 Å². The van der Waals surface area contributed by atoms with Crippen molar-refractivity contribution in [1.82, 2.24) is 4.90 Å². The highest BCUT2D eigenvalue weighted by molar-refractivity contribution is 6.31. The molecule has 1 fully saturated rings. The van der Waals surface area contributed by atoms with Gasteiger partial charge in [-0.05, 0) is 49.7 Å². The van der Waals surface area contributed by atoms with E-state index in [9.17, 15) is 9.90 Å². The number of carbonyl (C=O) groups excluding carboxylic acids is 1. The Morgan fingerprint density at radius 1 is 1.18 bits per heavy atom. The van der Waals surface area contributed by atoms with Crippen LogP contribution in [0.4, 0.5) is 11.4 Å². The fraction of sp³-hybridized carbons (Fsp3) is 0.381. The summed E-state index contributed by atoms with van der Waals surface area (Å²) in [5, 5.41) is 13.0. The van der Waals surface area contributed by atoms with Gasteiger partial charge in [0, 0.05) is 43.0 Å². The van der Waals surface area contributed by atoms with Crippen molar-refractivity contribution in [3.63, 3.8) is 0 Å². The SMILES string of the molecule is COc1cc(Cl)c(C)cc1NC(=O)[C@@H](C)N1CCN(c2ccc(O)cc2)CC1. The normalized spacial score (nSPS) is 15.9. The van der Waals surface area contributed by atoms with Crippen LogP contribution in [0.3, 0.4) is 0 Å². The smallest absolute Gasteiger partial charge is 0.241 e. The first-order valence-corrected chi connectivity index (χ1v) is 9.70. The van der Waals surface area contributed by atoms with Crippen molar-refractivity contribution >= 4 is 28.9 Å². The van der Waals surface area contributed by atoms with Gasteiger partial charge in [-0.1, -0.05) is 11.6 Å². The van der Waals surface area contributed by atoms with E-state index in [1.807, 2.05) is 32.0 Å². The number of rotatable bonds is 5. The lowest BCUT2D eigenvalue weighted by Crippen LogP contribution is -2.52. The Balaban J connectivity index is 1.60. The molecule has 0 spiro atoms. The van der Waals surface area contributed by atoms with E-state index in [2.05, 4.69) is 15.1 Å². The topological polar surface area (TPSA) is 65.0 Å². The highest BCUT2D eigenvalue weighted by Crippen LogP contribution is 2.31. The molecule has 1 atom stereocenters. The number of anilines is 2. The van der Waals surface area contributed by atoms with Crippen LogP contribution >= 0.6 is 11.6 Å². The number of phenolic OH excluding ortho intramolecular Hbond substituents is 1. The van der Waals surface area contributed by atoms with Crippen molar-refractivity contribution in [2.45, 2.75) is 19.9 Å². The zero-order chi connectivity index (χ0) is 20.3. The van der Waals surface area contributed by atoms with E-state index in [0.717, 1.165) is 37.4 Å². The van der Waals surface area contributed by atoms with Gasteiger partial charge in [-0.15, -0.1) is 0 Å². The van der Waals surface area contributed by atoms with Gasteiger partial charge in [-0.25, -0.2) is 0 Å². The van der Waals surface area contributed by atoms with Gasteiger partial charge >= 0.3 is 0 Å². The van der Waals surface area contributed by atoms with Gasteiger partial charge in [0.05, 0.1) is 18.8 Å². The minimum Gasteiger partial charge on any atom is -0.508 e. The third kappa shape index (κ3) is 4.51. The van der Waals surface area contributed by atoms with Crippen molar-refractivity contribution in [2.75, 3.05) is 43.5 Å². The number of phenols is 1. The first kappa shape index (κ1) is 20.3. The first-order chi connectivity index (χ1) is 13.4. The maximum absolute atomic E-state index is 12.8. The van der Waals surface area contributed by atoms with Gasteiger partial charge in [0.1, 0.15) is 11.5 Å². The zero-order valence-corrected chi connectivity index (χ0v) is 17.2. The molecule has 0 bridgehead atoms. The average Bonchev–Trinajstić information content (AvgIpc) is 2.70. The first-order valence-electron chi connectivity index (χ1n) is 9.32. The second kappa shape index (κ2) is 8.71. The minimum absolute atomic E-state index is 0.0712. The lowest BCUT2D eigenvalue weighted by atomic mass is 10.1. The van der Waals surface area contributed by atoms with Gasteiger partial charge in [0.2, 0.25) is 5.91 Å². The Morgan fingerprint density at radius 3 is 2.43 bits per heavy atom. The van der Waals surface area contributed by atoms with Gasteiger partial charge in [-0.3, -0.25) is 9.69 Å². The maximum Gasteiger partial charge on any atom is 0.241 e. The molecule has 1 aliphatic rings. The van der Waals surface area contributed by atoms with Crippen molar-refractivity contribution in [3.05, 3.63) is 47.0 Å². The van der Waals surface area contributed by atoms with E-state index < -0.39 is 0 Å². The van der Waals surface area contributed by atoms with Crippen LogP contribution in [0.2, 0.25) is 5.02 Å². The number of nitrogens with zero attached hydrogens (tertiary/aromatic N) is 2. The molecule has 0 radical (unpaired) electrons. The molecule has 0 saturated carbocycles. The summed E-state index contributed by atoms with van der Waals surface area (Å²) in [5.41, 5.74) is 2.59. The largest absolute Gasteiger partial charge is 0.508 e. The molecular weight excluding hydrogens is 378 g/mol. The van der Waals surface area contributed by atoms with Crippen LogP contribution in [0, 0.1) is 6.92 Å². The van der Waals surface area contributed by atoms with Crippen LogP contribution in [0.15, 0.2) is 36.4 Å².